The van der Waals surface area contributed by atoms with E-state index in [2.05, 4.69) is 5.32 Å². The predicted octanol–water partition coefficient (Wildman–Crippen LogP) is 4.83. The van der Waals surface area contributed by atoms with Gasteiger partial charge in [-0.05, 0) is 31.2 Å². The van der Waals surface area contributed by atoms with Crippen LogP contribution in [0.25, 0.3) is 0 Å². The maximum Gasteiger partial charge on any atom is 0.262 e. The van der Waals surface area contributed by atoms with Crippen LogP contribution in [0.15, 0.2) is 76.5 Å². The van der Waals surface area contributed by atoms with E-state index in [-0.39, 0.29) is 18.3 Å². The van der Waals surface area contributed by atoms with Crippen LogP contribution in [0.5, 0.6) is 17.2 Å². The van der Waals surface area contributed by atoms with Gasteiger partial charge in [-0.25, -0.2) is 0 Å². The van der Waals surface area contributed by atoms with E-state index in [1.54, 1.807) is 30.3 Å². The monoisotopic (exact) mass is 435 g/mol. The lowest BCUT2D eigenvalue weighted by Gasteiger charge is -2.21. The van der Waals surface area contributed by atoms with E-state index in [1.807, 2.05) is 36.4 Å². The van der Waals surface area contributed by atoms with Crippen molar-refractivity contribution < 1.29 is 23.8 Å². The Morgan fingerprint density at radius 2 is 1.71 bits per heavy atom. The normalized spacial score (nSPS) is 12.2. The van der Waals surface area contributed by atoms with Gasteiger partial charge < -0.3 is 19.5 Å². The first-order chi connectivity index (χ1) is 15.1. The highest BCUT2D eigenvalue weighted by Crippen LogP contribution is 2.42. The van der Waals surface area contributed by atoms with E-state index >= 15 is 0 Å². The number of nitrogens with one attached hydrogen (secondary N) is 1. The maximum absolute atomic E-state index is 12.6. The first kappa shape index (κ1) is 20.8. The van der Waals surface area contributed by atoms with Gasteiger partial charge in [-0.3, -0.25) is 9.59 Å². The van der Waals surface area contributed by atoms with Gasteiger partial charge in [0.05, 0.1) is 5.69 Å². The summed E-state index contributed by atoms with van der Waals surface area (Å²) in [5.41, 5.74) is 1.15. The van der Waals surface area contributed by atoms with Crippen molar-refractivity contribution in [2.24, 2.45) is 0 Å². The second kappa shape index (κ2) is 9.57. The Labute approximate surface area is 184 Å². The standard InChI is InChI=1S/C24H21NO5S/c1-16(26)17-6-5-7-18(12-17)30-15-24(27)25-20-13-21-22(29-11-10-28-21)14-23(20)31-19-8-3-2-4-9-19/h2-9,12-14H,10-11,15H2,1H3,(H,25,27). The van der Waals surface area contributed by atoms with Crippen molar-refractivity contribution in [1.82, 2.24) is 0 Å². The molecule has 7 heteroatoms. The molecule has 0 spiro atoms. The molecular formula is C24H21NO5S. The van der Waals surface area contributed by atoms with Gasteiger partial charge in [0.1, 0.15) is 19.0 Å². The van der Waals surface area contributed by atoms with Gasteiger partial charge in [-0.1, -0.05) is 42.1 Å². The highest BCUT2D eigenvalue weighted by Gasteiger charge is 2.18. The lowest BCUT2D eigenvalue weighted by atomic mass is 10.1. The Balaban J connectivity index is 1.50. The van der Waals surface area contributed by atoms with E-state index in [0.29, 0.717) is 41.7 Å². The molecule has 1 heterocycles. The highest BCUT2D eigenvalue weighted by atomic mass is 32.2. The van der Waals surface area contributed by atoms with Gasteiger partial charge in [-0.15, -0.1) is 0 Å². The van der Waals surface area contributed by atoms with Gasteiger partial charge >= 0.3 is 0 Å². The summed E-state index contributed by atoms with van der Waals surface area (Å²) < 4.78 is 16.9. The van der Waals surface area contributed by atoms with Crippen molar-refractivity contribution in [3.05, 3.63) is 72.3 Å². The molecule has 3 aromatic rings. The molecule has 0 atom stereocenters. The Kier molecular flexibility index (Phi) is 6.43. The van der Waals surface area contributed by atoms with E-state index in [4.69, 9.17) is 14.2 Å². The van der Waals surface area contributed by atoms with Crippen LogP contribution < -0.4 is 19.5 Å². The number of amides is 1. The largest absolute Gasteiger partial charge is 0.486 e. The Morgan fingerprint density at radius 3 is 2.45 bits per heavy atom. The third-order valence-electron chi connectivity index (χ3n) is 4.50. The first-order valence-corrected chi connectivity index (χ1v) is 10.6. The van der Waals surface area contributed by atoms with Gasteiger partial charge in [0.2, 0.25) is 0 Å². The number of hydrogen-bond acceptors (Lipinski definition) is 6. The lowest BCUT2D eigenvalue weighted by molar-refractivity contribution is -0.118. The van der Waals surface area contributed by atoms with Gasteiger partial charge in [-0.2, -0.15) is 0 Å². The van der Waals surface area contributed by atoms with Crippen LogP contribution in [0.2, 0.25) is 0 Å². The molecule has 1 amide bonds. The summed E-state index contributed by atoms with van der Waals surface area (Å²) in [6, 6.07) is 20.3. The molecule has 0 radical (unpaired) electrons. The molecule has 0 saturated carbocycles. The average Bonchev–Trinajstić information content (AvgIpc) is 2.79. The summed E-state index contributed by atoms with van der Waals surface area (Å²) in [6.45, 7) is 2.24. The summed E-state index contributed by atoms with van der Waals surface area (Å²) >= 11 is 1.52. The van der Waals surface area contributed by atoms with Crippen LogP contribution in [0.4, 0.5) is 5.69 Å². The zero-order chi connectivity index (χ0) is 21.6. The number of carbonyl (C=O) groups is 2. The predicted molar refractivity (Wildman–Crippen MR) is 119 cm³/mol. The number of anilines is 1. The minimum Gasteiger partial charge on any atom is -0.486 e. The van der Waals surface area contributed by atoms with E-state index in [0.717, 1.165) is 9.79 Å². The molecule has 0 bridgehead atoms. The third-order valence-corrected chi connectivity index (χ3v) is 5.57. The quantitative estimate of drug-likeness (QED) is 0.536. The van der Waals surface area contributed by atoms with Crippen molar-refractivity contribution in [2.75, 3.05) is 25.1 Å². The molecule has 1 N–H and O–H groups in total. The number of benzene rings is 3. The lowest BCUT2D eigenvalue weighted by Crippen LogP contribution is -2.21. The second-order valence-electron chi connectivity index (χ2n) is 6.83. The van der Waals surface area contributed by atoms with Crippen molar-refractivity contribution in [1.29, 1.82) is 0 Å². The molecule has 4 rings (SSSR count). The van der Waals surface area contributed by atoms with Crippen LogP contribution in [0, 0.1) is 0 Å². The molecule has 0 saturated heterocycles. The molecule has 31 heavy (non-hydrogen) atoms. The Hall–Kier alpha value is -3.45. The van der Waals surface area contributed by atoms with Gasteiger partial charge in [0.25, 0.3) is 5.91 Å². The SMILES string of the molecule is CC(=O)c1cccc(OCC(=O)Nc2cc3c(cc2Sc2ccccc2)OCCO3)c1. The fraction of sp³-hybridized carbons (Fsp3) is 0.167. The number of ether oxygens (including phenoxy) is 3. The number of carbonyl (C=O) groups excluding carboxylic acids is 2. The molecule has 3 aromatic carbocycles. The topological polar surface area (TPSA) is 73.9 Å². The fourth-order valence-corrected chi connectivity index (χ4v) is 3.94. The molecule has 158 valence electrons. The van der Waals surface area contributed by atoms with Gasteiger partial charge in [0.15, 0.2) is 23.9 Å². The van der Waals surface area contributed by atoms with Gasteiger partial charge in [0, 0.05) is 27.5 Å². The summed E-state index contributed by atoms with van der Waals surface area (Å²) in [4.78, 5) is 26.0. The van der Waals surface area contributed by atoms with Crippen LogP contribution in [0.1, 0.15) is 17.3 Å². The van der Waals surface area contributed by atoms with E-state index in [9.17, 15) is 9.59 Å². The minimum atomic E-state index is -0.320. The van der Waals surface area contributed by atoms with Crippen LogP contribution in [0.3, 0.4) is 0 Å². The highest BCUT2D eigenvalue weighted by molar-refractivity contribution is 7.99. The molecule has 6 nitrogen and oxygen atoms in total. The molecule has 0 aromatic heterocycles. The number of ketones is 1. The smallest absolute Gasteiger partial charge is 0.262 e. The summed E-state index contributed by atoms with van der Waals surface area (Å²) in [5.74, 6) is 1.33. The summed E-state index contributed by atoms with van der Waals surface area (Å²) in [7, 11) is 0. The van der Waals surface area contributed by atoms with Crippen molar-refractivity contribution in [3.63, 3.8) is 0 Å². The minimum absolute atomic E-state index is 0.0613. The molecule has 0 aliphatic carbocycles. The number of hydrogen-bond donors (Lipinski definition) is 1. The Bertz CT molecular complexity index is 1100. The number of rotatable bonds is 7. The summed E-state index contributed by atoms with van der Waals surface area (Å²) in [5, 5.41) is 2.90. The van der Waals surface area contributed by atoms with E-state index in [1.165, 1.54) is 18.7 Å². The molecule has 1 aliphatic heterocycles. The Morgan fingerprint density at radius 1 is 0.968 bits per heavy atom. The fourth-order valence-electron chi connectivity index (χ4n) is 3.01. The number of Topliss-reactive ketones (excluding diaryl/α,β-unsaturated/α-hetero) is 1. The van der Waals surface area contributed by atoms with Crippen LogP contribution in [-0.4, -0.2) is 31.5 Å². The molecule has 1 aliphatic rings. The van der Waals surface area contributed by atoms with E-state index < -0.39 is 0 Å². The summed E-state index contributed by atoms with van der Waals surface area (Å²) in [6.07, 6.45) is 0. The zero-order valence-corrected chi connectivity index (χ0v) is 17.7. The second-order valence-corrected chi connectivity index (χ2v) is 7.94. The molecule has 0 unspecified atom stereocenters. The first-order valence-electron chi connectivity index (χ1n) is 9.79. The maximum atomic E-state index is 12.6. The molecular weight excluding hydrogens is 414 g/mol. The van der Waals surface area contributed by atoms with Crippen molar-refractivity contribution in [3.8, 4) is 17.2 Å². The molecule has 0 fully saturated rings. The van der Waals surface area contributed by atoms with Crippen LogP contribution >= 0.6 is 11.8 Å². The van der Waals surface area contributed by atoms with Crippen molar-refractivity contribution >= 4 is 29.1 Å². The average molecular weight is 436 g/mol. The van der Waals surface area contributed by atoms with Crippen LogP contribution in [-0.2, 0) is 4.79 Å². The zero-order valence-electron chi connectivity index (χ0n) is 16.9. The number of fused-ring (bicyclic) bond motifs is 1. The van der Waals surface area contributed by atoms with Crippen molar-refractivity contribution in [2.45, 2.75) is 16.7 Å². The third kappa shape index (κ3) is 5.38.